The van der Waals surface area contributed by atoms with Crippen LogP contribution in [-0.4, -0.2) is 37.1 Å². The minimum atomic E-state index is 0.697. The first kappa shape index (κ1) is 10.7. The number of hydrogen-bond acceptors (Lipinski definition) is 2. The van der Waals surface area contributed by atoms with E-state index in [1.807, 2.05) is 0 Å². The molecule has 0 aromatic heterocycles. The lowest BCUT2D eigenvalue weighted by atomic mass is 9.98. The summed E-state index contributed by atoms with van der Waals surface area (Å²) in [5.41, 5.74) is 1.27. The van der Waals surface area contributed by atoms with Gasteiger partial charge in [0.15, 0.2) is 0 Å². The summed E-state index contributed by atoms with van der Waals surface area (Å²) in [6.45, 7) is 10.7. The van der Waals surface area contributed by atoms with Crippen LogP contribution in [0.5, 0.6) is 0 Å². The summed E-state index contributed by atoms with van der Waals surface area (Å²) in [6.07, 6.45) is 2.54. The summed E-state index contributed by atoms with van der Waals surface area (Å²) in [5, 5.41) is 3.36. The molecule has 0 aromatic rings. The Balaban J connectivity index is 2.39. The third-order valence-electron chi connectivity index (χ3n) is 2.90. The second-order valence-corrected chi connectivity index (χ2v) is 4.29. The second kappa shape index (κ2) is 4.77. The van der Waals surface area contributed by atoms with Gasteiger partial charge in [0.2, 0.25) is 0 Å². The highest BCUT2D eigenvalue weighted by molar-refractivity contribution is 4.95. The van der Waals surface area contributed by atoms with Gasteiger partial charge in [-0.25, -0.2) is 0 Å². The largest absolute Gasteiger partial charge is 0.317 e. The molecule has 0 saturated carbocycles. The molecule has 0 bridgehead atoms. The smallest absolute Gasteiger partial charge is 0.0190 e. The molecule has 1 aliphatic heterocycles. The van der Waals surface area contributed by atoms with Gasteiger partial charge in [-0.3, -0.25) is 4.90 Å². The lowest BCUT2D eigenvalue weighted by molar-refractivity contribution is 0.151. The van der Waals surface area contributed by atoms with E-state index in [1.54, 1.807) is 0 Å². The van der Waals surface area contributed by atoms with Crippen LogP contribution in [0.15, 0.2) is 12.2 Å². The van der Waals surface area contributed by atoms with E-state index in [4.69, 9.17) is 0 Å². The third-order valence-corrected chi connectivity index (χ3v) is 2.90. The molecular weight excluding hydrogens is 160 g/mol. The van der Waals surface area contributed by atoms with Crippen molar-refractivity contribution in [1.29, 1.82) is 0 Å². The van der Waals surface area contributed by atoms with Gasteiger partial charge in [0.1, 0.15) is 0 Å². The quantitative estimate of drug-likeness (QED) is 0.667. The van der Waals surface area contributed by atoms with Crippen LogP contribution in [0.3, 0.4) is 0 Å². The molecule has 0 aliphatic carbocycles. The van der Waals surface area contributed by atoms with E-state index in [1.165, 1.54) is 25.0 Å². The number of rotatable bonds is 3. The molecule has 1 fully saturated rings. The zero-order chi connectivity index (χ0) is 9.84. The van der Waals surface area contributed by atoms with Crippen LogP contribution in [0.2, 0.25) is 0 Å². The summed E-state index contributed by atoms with van der Waals surface area (Å²) >= 11 is 0. The molecule has 1 aliphatic rings. The molecule has 2 heteroatoms. The lowest BCUT2D eigenvalue weighted by Crippen LogP contribution is -2.46. The Bertz CT molecular complexity index is 177. The fourth-order valence-corrected chi connectivity index (χ4v) is 2.06. The van der Waals surface area contributed by atoms with Crippen LogP contribution in [0, 0.1) is 0 Å². The van der Waals surface area contributed by atoms with Crippen LogP contribution < -0.4 is 5.32 Å². The van der Waals surface area contributed by atoms with E-state index in [0.717, 1.165) is 12.6 Å². The highest BCUT2D eigenvalue weighted by Crippen LogP contribution is 2.17. The summed E-state index contributed by atoms with van der Waals surface area (Å²) in [7, 11) is 2.06. The van der Waals surface area contributed by atoms with Crippen LogP contribution in [-0.2, 0) is 0 Å². The van der Waals surface area contributed by atoms with Crippen molar-refractivity contribution in [2.75, 3.05) is 20.1 Å². The van der Waals surface area contributed by atoms with E-state index in [-0.39, 0.29) is 0 Å². The average Bonchev–Trinajstić information content (AvgIpc) is 2.08. The molecule has 1 heterocycles. The van der Waals surface area contributed by atoms with Crippen molar-refractivity contribution in [3.8, 4) is 0 Å². The molecule has 2 atom stereocenters. The number of nitrogens with zero attached hydrogens (tertiary/aromatic N) is 1. The monoisotopic (exact) mass is 182 g/mol. The number of hydrogen-bond donors (Lipinski definition) is 1. The molecule has 1 saturated heterocycles. The van der Waals surface area contributed by atoms with Gasteiger partial charge in [-0.1, -0.05) is 12.2 Å². The van der Waals surface area contributed by atoms with E-state index in [0.29, 0.717) is 6.04 Å². The fourth-order valence-electron chi connectivity index (χ4n) is 2.06. The molecule has 1 N–H and O–H groups in total. The van der Waals surface area contributed by atoms with Crippen LogP contribution in [0.4, 0.5) is 0 Å². The van der Waals surface area contributed by atoms with Gasteiger partial charge in [-0.2, -0.15) is 0 Å². The Kier molecular flexibility index (Phi) is 3.94. The Morgan fingerprint density at radius 1 is 1.62 bits per heavy atom. The molecule has 0 radical (unpaired) electrons. The van der Waals surface area contributed by atoms with E-state index in [9.17, 15) is 0 Å². The molecule has 0 spiro atoms. The van der Waals surface area contributed by atoms with Crippen molar-refractivity contribution in [2.24, 2.45) is 0 Å². The minimum Gasteiger partial charge on any atom is -0.317 e. The zero-order valence-corrected chi connectivity index (χ0v) is 9.14. The van der Waals surface area contributed by atoms with Crippen molar-refractivity contribution < 1.29 is 0 Å². The highest BCUT2D eigenvalue weighted by Gasteiger charge is 2.23. The molecule has 0 aromatic carbocycles. The first-order chi connectivity index (χ1) is 6.13. The zero-order valence-electron chi connectivity index (χ0n) is 9.14. The maximum absolute atomic E-state index is 3.97. The van der Waals surface area contributed by atoms with Crippen molar-refractivity contribution in [3.63, 3.8) is 0 Å². The first-order valence-electron chi connectivity index (χ1n) is 5.19. The minimum absolute atomic E-state index is 0.697. The fraction of sp³-hybridized carbons (Fsp3) is 0.818. The number of likely N-dealkylation sites (tertiary alicyclic amines) is 1. The average molecular weight is 182 g/mol. The lowest BCUT2D eigenvalue weighted by Gasteiger charge is -2.37. The van der Waals surface area contributed by atoms with Gasteiger partial charge in [-0.15, -0.1) is 0 Å². The maximum atomic E-state index is 3.97. The van der Waals surface area contributed by atoms with Crippen LogP contribution >= 0.6 is 0 Å². The maximum Gasteiger partial charge on any atom is 0.0190 e. The van der Waals surface area contributed by atoms with Gasteiger partial charge < -0.3 is 5.32 Å². The van der Waals surface area contributed by atoms with Gasteiger partial charge in [-0.05, 0) is 33.7 Å². The molecule has 2 nitrogen and oxygen atoms in total. The van der Waals surface area contributed by atoms with Gasteiger partial charge >= 0.3 is 0 Å². The molecule has 2 unspecified atom stereocenters. The van der Waals surface area contributed by atoms with Gasteiger partial charge in [0.05, 0.1) is 0 Å². The second-order valence-electron chi connectivity index (χ2n) is 4.29. The normalized spacial score (nSPS) is 30.4. The Morgan fingerprint density at radius 2 is 2.31 bits per heavy atom. The summed E-state index contributed by atoms with van der Waals surface area (Å²) in [6, 6.07) is 1.42. The molecule has 76 valence electrons. The standard InChI is InChI=1S/C11H22N2/c1-9(2)8-13-6-5-11(12-4)7-10(13)3/h10-12H,1,5-8H2,2-4H3. The summed E-state index contributed by atoms with van der Waals surface area (Å²) in [5.74, 6) is 0. The van der Waals surface area contributed by atoms with E-state index >= 15 is 0 Å². The van der Waals surface area contributed by atoms with E-state index in [2.05, 4.69) is 37.7 Å². The summed E-state index contributed by atoms with van der Waals surface area (Å²) < 4.78 is 0. The summed E-state index contributed by atoms with van der Waals surface area (Å²) in [4.78, 5) is 2.52. The van der Waals surface area contributed by atoms with Crippen LogP contribution in [0.1, 0.15) is 26.7 Å². The SMILES string of the molecule is C=C(C)CN1CCC(NC)CC1C. The first-order valence-corrected chi connectivity index (χ1v) is 5.19. The Morgan fingerprint density at radius 3 is 2.77 bits per heavy atom. The van der Waals surface area contributed by atoms with Crippen molar-refractivity contribution in [3.05, 3.63) is 12.2 Å². The molecule has 13 heavy (non-hydrogen) atoms. The van der Waals surface area contributed by atoms with Crippen molar-refractivity contribution in [1.82, 2.24) is 10.2 Å². The van der Waals surface area contributed by atoms with Crippen LogP contribution in [0.25, 0.3) is 0 Å². The topological polar surface area (TPSA) is 15.3 Å². The predicted octanol–water partition coefficient (Wildman–Crippen LogP) is 1.63. The van der Waals surface area contributed by atoms with Crippen molar-refractivity contribution >= 4 is 0 Å². The van der Waals surface area contributed by atoms with Gasteiger partial charge in [0, 0.05) is 25.2 Å². The molecule has 0 amide bonds. The Labute approximate surface area is 82.0 Å². The van der Waals surface area contributed by atoms with Gasteiger partial charge in [0.25, 0.3) is 0 Å². The molecule has 1 rings (SSSR count). The highest BCUT2D eigenvalue weighted by atomic mass is 15.2. The molecular formula is C11H22N2. The Hall–Kier alpha value is -0.340. The van der Waals surface area contributed by atoms with Crippen molar-refractivity contribution in [2.45, 2.75) is 38.8 Å². The number of piperidine rings is 1. The third kappa shape index (κ3) is 3.12. The van der Waals surface area contributed by atoms with E-state index < -0.39 is 0 Å². The number of nitrogens with one attached hydrogen (secondary N) is 1. The predicted molar refractivity (Wildman–Crippen MR) is 57.9 cm³/mol.